The Labute approximate surface area is 123 Å². The van der Waals surface area contributed by atoms with Gasteiger partial charge in [-0.05, 0) is 40.4 Å². The van der Waals surface area contributed by atoms with Crippen LogP contribution in [0.5, 0.6) is 0 Å². The molecule has 3 heterocycles. The Morgan fingerprint density at radius 2 is 2.20 bits per heavy atom. The first-order chi connectivity index (χ1) is 9.72. The van der Waals surface area contributed by atoms with Crippen LogP contribution in [-0.4, -0.2) is 29.7 Å². The normalized spacial score (nSPS) is 10.7. The molecule has 3 aromatic heterocycles. The lowest BCUT2D eigenvalue weighted by Gasteiger charge is -2.06. The maximum Gasteiger partial charge on any atom is 0.258 e. The molecule has 0 unspecified atom stereocenters. The van der Waals surface area contributed by atoms with Crippen LogP contribution in [-0.2, 0) is 6.54 Å². The van der Waals surface area contributed by atoms with Crippen molar-refractivity contribution in [2.24, 2.45) is 0 Å². The van der Waals surface area contributed by atoms with Crippen molar-refractivity contribution in [2.75, 3.05) is 5.32 Å². The monoisotopic (exact) mass is 307 g/mol. The zero-order valence-corrected chi connectivity index (χ0v) is 12.1. The van der Waals surface area contributed by atoms with E-state index in [-0.39, 0.29) is 5.28 Å². The van der Waals surface area contributed by atoms with Gasteiger partial charge in [-0.3, -0.25) is 0 Å². The van der Waals surface area contributed by atoms with E-state index < -0.39 is 0 Å². The maximum absolute atomic E-state index is 5.90. The van der Waals surface area contributed by atoms with Crippen LogP contribution in [0.15, 0.2) is 23.4 Å². The average molecular weight is 308 g/mol. The molecule has 0 fully saturated rings. The van der Waals surface area contributed by atoms with Crippen molar-refractivity contribution in [1.29, 1.82) is 0 Å². The highest BCUT2D eigenvalue weighted by atomic mass is 35.5. The number of nitrogens with zero attached hydrogens (tertiary/aromatic N) is 6. The van der Waals surface area contributed by atoms with Crippen LogP contribution in [0.1, 0.15) is 11.1 Å². The molecule has 0 aromatic carbocycles. The number of anilines is 1. The third-order valence-corrected chi connectivity index (χ3v) is 3.70. The van der Waals surface area contributed by atoms with Crippen LogP contribution in [0.4, 0.5) is 5.95 Å². The van der Waals surface area contributed by atoms with E-state index in [1.165, 1.54) is 28.5 Å². The smallest absolute Gasteiger partial charge is 0.258 e. The molecule has 3 aromatic rings. The number of aryl methyl sites for hydroxylation is 1. The highest BCUT2D eigenvalue weighted by Gasteiger charge is 2.08. The lowest BCUT2D eigenvalue weighted by molar-refractivity contribution is 0.793. The van der Waals surface area contributed by atoms with E-state index in [0.29, 0.717) is 18.4 Å². The molecule has 0 aliphatic carbocycles. The predicted molar refractivity (Wildman–Crippen MR) is 76.1 cm³/mol. The van der Waals surface area contributed by atoms with Crippen LogP contribution in [0.2, 0.25) is 5.28 Å². The lowest BCUT2D eigenvalue weighted by atomic mass is 10.2. The van der Waals surface area contributed by atoms with E-state index in [1.807, 2.05) is 0 Å². The highest BCUT2D eigenvalue weighted by molar-refractivity contribution is 7.08. The van der Waals surface area contributed by atoms with E-state index in [4.69, 9.17) is 11.6 Å². The number of rotatable bonds is 4. The van der Waals surface area contributed by atoms with Crippen molar-refractivity contribution in [2.45, 2.75) is 13.5 Å². The Balaban J connectivity index is 1.81. The Hall–Kier alpha value is -2.06. The first-order valence-electron chi connectivity index (χ1n) is 5.74. The first kappa shape index (κ1) is 12.9. The maximum atomic E-state index is 5.90. The Morgan fingerprint density at radius 1 is 1.30 bits per heavy atom. The van der Waals surface area contributed by atoms with E-state index in [9.17, 15) is 0 Å². The van der Waals surface area contributed by atoms with Crippen molar-refractivity contribution < 1.29 is 0 Å². The van der Waals surface area contributed by atoms with E-state index >= 15 is 0 Å². The zero-order valence-electron chi connectivity index (χ0n) is 10.5. The summed E-state index contributed by atoms with van der Waals surface area (Å²) in [5, 5.41) is 11.4. The third-order valence-electron chi connectivity index (χ3n) is 2.62. The zero-order chi connectivity index (χ0) is 13.9. The molecule has 3 rings (SSSR count). The summed E-state index contributed by atoms with van der Waals surface area (Å²) in [5.74, 6) is 0.730. The van der Waals surface area contributed by atoms with Gasteiger partial charge in [-0.2, -0.15) is 36.1 Å². The minimum atomic E-state index is 0.107. The summed E-state index contributed by atoms with van der Waals surface area (Å²) < 4.78 is 1.43. The van der Waals surface area contributed by atoms with Gasteiger partial charge >= 0.3 is 0 Å². The third kappa shape index (κ3) is 2.75. The van der Waals surface area contributed by atoms with Gasteiger partial charge < -0.3 is 5.32 Å². The second kappa shape index (κ2) is 5.51. The summed E-state index contributed by atoms with van der Waals surface area (Å²) in [5.41, 5.74) is 2.44. The summed E-state index contributed by atoms with van der Waals surface area (Å²) in [6, 6.07) is 0. The molecule has 0 radical (unpaired) electrons. The molecule has 1 N–H and O–H groups in total. The number of aromatic nitrogens is 6. The molecule has 0 saturated heterocycles. The van der Waals surface area contributed by atoms with Crippen molar-refractivity contribution in [3.05, 3.63) is 39.8 Å². The van der Waals surface area contributed by atoms with Crippen molar-refractivity contribution in [3.8, 4) is 5.95 Å². The van der Waals surface area contributed by atoms with Gasteiger partial charge in [0.05, 0.1) is 0 Å². The van der Waals surface area contributed by atoms with Gasteiger partial charge in [0.2, 0.25) is 11.2 Å². The molecule has 0 aliphatic rings. The highest BCUT2D eigenvalue weighted by Crippen LogP contribution is 2.15. The largest absolute Gasteiger partial charge is 0.350 e. The van der Waals surface area contributed by atoms with Gasteiger partial charge in [-0.25, -0.2) is 4.98 Å². The average Bonchev–Trinajstić information content (AvgIpc) is 3.07. The number of halogens is 1. The second-order valence-corrected chi connectivity index (χ2v) is 5.08. The Kier molecular flexibility index (Phi) is 3.57. The number of hydrogen-bond donors (Lipinski definition) is 1. The minimum Gasteiger partial charge on any atom is -0.350 e. The molecule has 0 atom stereocenters. The number of thiophene rings is 1. The van der Waals surface area contributed by atoms with Gasteiger partial charge in [0.1, 0.15) is 12.7 Å². The molecule has 20 heavy (non-hydrogen) atoms. The molecule has 9 heteroatoms. The minimum absolute atomic E-state index is 0.107. The summed E-state index contributed by atoms with van der Waals surface area (Å²) in [6.45, 7) is 2.70. The van der Waals surface area contributed by atoms with Crippen LogP contribution in [0.25, 0.3) is 5.95 Å². The molecular weight excluding hydrogens is 298 g/mol. The lowest BCUT2D eigenvalue weighted by Crippen LogP contribution is -2.09. The summed E-state index contributed by atoms with van der Waals surface area (Å²) in [4.78, 5) is 16.1. The molecule has 0 aliphatic heterocycles. The standard InChI is InChI=1S/C11H10ClN7S/c1-7-3-20-4-8(7)2-14-10-16-9(12)17-11(18-10)19-6-13-5-15-19/h3-6H,2H2,1H3,(H,14,16,17,18). The fraction of sp³-hybridized carbons (Fsp3) is 0.182. The molecule has 0 saturated carbocycles. The predicted octanol–water partition coefficient (Wildman–Crippen LogP) is 2.09. The van der Waals surface area contributed by atoms with Gasteiger partial charge in [0.15, 0.2) is 0 Å². The van der Waals surface area contributed by atoms with Gasteiger partial charge in [-0.15, -0.1) is 0 Å². The van der Waals surface area contributed by atoms with E-state index in [2.05, 4.69) is 48.0 Å². The van der Waals surface area contributed by atoms with E-state index in [1.54, 1.807) is 11.3 Å². The van der Waals surface area contributed by atoms with Crippen LogP contribution < -0.4 is 5.32 Å². The summed E-state index contributed by atoms with van der Waals surface area (Å²) >= 11 is 7.56. The quantitative estimate of drug-likeness (QED) is 0.795. The molecule has 102 valence electrons. The van der Waals surface area contributed by atoms with Crippen LogP contribution in [0, 0.1) is 6.92 Å². The van der Waals surface area contributed by atoms with Gasteiger partial charge in [0.25, 0.3) is 5.95 Å². The topological polar surface area (TPSA) is 81.4 Å². The molecule has 0 spiro atoms. The summed E-state index contributed by atoms with van der Waals surface area (Å²) in [7, 11) is 0. The van der Waals surface area contributed by atoms with Gasteiger partial charge in [0, 0.05) is 6.54 Å². The number of hydrogen-bond acceptors (Lipinski definition) is 7. The fourth-order valence-corrected chi connectivity index (χ4v) is 2.59. The molecule has 7 nitrogen and oxygen atoms in total. The summed E-state index contributed by atoms with van der Waals surface area (Å²) in [6.07, 6.45) is 2.90. The van der Waals surface area contributed by atoms with Crippen LogP contribution >= 0.6 is 22.9 Å². The first-order valence-corrected chi connectivity index (χ1v) is 7.06. The van der Waals surface area contributed by atoms with Crippen molar-refractivity contribution in [3.63, 3.8) is 0 Å². The molecule has 0 amide bonds. The van der Waals surface area contributed by atoms with Gasteiger partial charge in [-0.1, -0.05) is 0 Å². The number of nitrogens with one attached hydrogen (secondary N) is 1. The van der Waals surface area contributed by atoms with E-state index in [0.717, 1.165) is 0 Å². The molecular formula is C11H10ClN7S. The SMILES string of the molecule is Cc1cscc1CNc1nc(Cl)nc(-n2cncn2)n1. The Bertz CT molecular complexity index is 709. The van der Waals surface area contributed by atoms with Crippen molar-refractivity contribution >= 4 is 28.9 Å². The Morgan fingerprint density at radius 3 is 2.90 bits per heavy atom. The fourth-order valence-electron chi connectivity index (χ4n) is 1.57. The molecule has 0 bridgehead atoms. The second-order valence-electron chi connectivity index (χ2n) is 4.00. The van der Waals surface area contributed by atoms with Crippen LogP contribution in [0.3, 0.4) is 0 Å². The van der Waals surface area contributed by atoms with Crippen molar-refractivity contribution in [1.82, 2.24) is 29.7 Å².